The van der Waals surface area contributed by atoms with Crippen LogP contribution in [0.5, 0.6) is 0 Å². The molecule has 0 saturated heterocycles. The number of pyridine rings is 1. The summed E-state index contributed by atoms with van der Waals surface area (Å²) in [7, 11) is 0. The van der Waals surface area contributed by atoms with E-state index in [9.17, 15) is 4.79 Å². The molecule has 0 radical (unpaired) electrons. The van der Waals surface area contributed by atoms with Gasteiger partial charge in [-0.15, -0.1) is 0 Å². The minimum Gasteiger partial charge on any atom is -0.349 e. The smallest absolute Gasteiger partial charge is 0.223 e. The van der Waals surface area contributed by atoms with Gasteiger partial charge in [-0.3, -0.25) is 9.78 Å². The molecule has 0 aromatic carbocycles. The first kappa shape index (κ1) is 16.6. The maximum atomic E-state index is 12.4. The van der Waals surface area contributed by atoms with Crippen LogP contribution in [0, 0.1) is 5.92 Å². The topological polar surface area (TPSA) is 67.8 Å². The number of aryl methyl sites for hydroxylation is 1. The van der Waals surface area contributed by atoms with Crippen molar-refractivity contribution in [1.82, 2.24) is 20.3 Å². The summed E-state index contributed by atoms with van der Waals surface area (Å²) in [6.45, 7) is 4.12. The van der Waals surface area contributed by atoms with Gasteiger partial charge >= 0.3 is 0 Å². The zero-order valence-electron chi connectivity index (χ0n) is 14.3. The van der Waals surface area contributed by atoms with Gasteiger partial charge in [0, 0.05) is 41.3 Å². The molecule has 0 aliphatic heterocycles. The fourth-order valence-electron chi connectivity index (χ4n) is 3.29. The van der Waals surface area contributed by atoms with Gasteiger partial charge in [-0.25, -0.2) is 9.97 Å². The lowest BCUT2D eigenvalue weighted by Crippen LogP contribution is -2.35. The average Bonchev–Trinajstić information content (AvgIpc) is 2.63. The summed E-state index contributed by atoms with van der Waals surface area (Å²) in [5.41, 5.74) is 3.09. The molecule has 1 aliphatic rings. The number of fused-ring (bicyclic) bond motifs is 1. The van der Waals surface area contributed by atoms with E-state index in [-0.39, 0.29) is 17.9 Å². The molecule has 126 valence electrons. The highest BCUT2D eigenvalue weighted by Crippen LogP contribution is 2.30. The Hall–Kier alpha value is -2.30. The molecule has 0 bridgehead atoms. The second-order valence-electron chi connectivity index (χ2n) is 6.30. The van der Waals surface area contributed by atoms with Crippen molar-refractivity contribution in [2.75, 3.05) is 0 Å². The van der Waals surface area contributed by atoms with Crippen molar-refractivity contribution in [2.24, 2.45) is 5.92 Å². The first-order chi connectivity index (χ1) is 11.7. The number of carbonyl (C=O) groups is 1. The van der Waals surface area contributed by atoms with Gasteiger partial charge in [-0.05, 0) is 44.2 Å². The molecule has 1 amide bonds. The predicted molar refractivity (Wildman–Crippen MR) is 93.2 cm³/mol. The van der Waals surface area contributed by atoms with Crippen molar-refractivity contribution in [3.8, 4) is 11.4 Å². The zero-order valence-corrected chi connectivity index (χ0v) is 14.3. The van der Waals surface area contributed by atoms with Gasteiger partial charge < -0.3 is 5.32 Å². The van der Waals surface area contributed by atoms with Crippen LogP contribution in [0.2, 0.25) is 0 Å². The van der Waals surface area contributed by atoms with Crippen LogP contribution in [0.3, 0.4) is 0 Å². The Morgan fingerprint density at radius 2 is 2.04 bits per heavy atom. The molecule has 0 saturated carbocycles. The second kappa shape index (κ2) is 7.51. The Kier molecular flexibility index (Phi) is 5.18. The van der Waals surface area contributed by atoms with E-state index < -0.39 is 0 Å². The molecule has 2 heterocycles. The number of aromatic nitrogens is 3. The first-order valence-corrected chi connectivity index (χ1v) is 8.79. The van der Waals surface area contributed by atoms with E-state index in [0.29, 0.717) is 0 Å². The third-order valence-electron chi connectivity index (χ3n) is 4.79. The molecule has 5 nitrogen and oxygen atoms in total. The van der Waals surface area contributed by atoms with Gasteiger partial charge in [0.15, 0.2) is 5.82 Å². The third kappa shape index (κ3) is 3.45. The van der Waals surface area contributed by atoms with Gasteiger partial charge in [-0.1, -0.05) is 13.8 Å². The Labute approximate surface area is 143 Å². The number of hydrogen-bond donors (Lipinski definition) is 1. The number of amides is 1. The van der Waals surface area contributed by atoms with Crippen molar-refractivity contribution < 1.29 is 4.79 Å². The normalized spacial score (nSPS) is 16.7. The number of carbonyl (C=O) groups excluding carboxylic acids is 1. The highest BCUT2D eigenvalue weighted by molar-refractivity contribution is 5.79. The molecule has 2 aromatic heterocycles. The first-order valence-electron chi connectivity index (χ1n) is 8.79. The fraction of sp³-hybridized carbons (Fsp3) is 0.474. The van der Waals surface area contributed by atoms with Gasteiger partial charge in [-0.2, -0.15) is 0 Å². The summed E-state index contributed by atoms with van der Waals surface area (Å²) in [5.74, 6) is 0.964. The lowest BCUT2D eigenvalue weighted by atomic mass is 9.91. The highest BCUT2D eigenvalue weighted by atomic mass is 16.1. The van der Waals surface area contributed by atoms with Gasteiger partial charge in [0.1, 0.15) is 0 Å². The quantitative estimate of drug-likeness (QED) is 0.914. The van der Waals surface area contributed by atoms with Crippen LogP contribution in [0.1, 0.15) is 56.8 Å². The number of rotatable bonds is 5. The van der Waals surface area contributed by atoms with Crippen LogP contribution < -0.4 is 5.32 Å². The molecular formula is C19H24N4O. The molecule has 1 N–H and O–H groups in total. The molecule has 0 spiro atoms. The van der Waals surface area contributed by atoms with Crippen LogP contribution in [0.25, 0.3) is 11.4 Å². The number of nitrogens with one attached hydrogen (secondary N) is 1. The Bertz CT molecular complexity index is 698. The standard InChI is InChI=1S/C19H24N4O/c1-3-13(4-2)19(24)23-17-7-5-6-16-15(17)12-21-18(22-16)14-8-10-20-11-9-14/h8-13,17H,3-7H2,1-2H3,(H,23,24)/t17-/m1/s1. The van der Waals surface area contributed by atoms with Crippen LogP contribution in [-0.4, -0.2) is 20.9 Å². The Morgan fingerprint density at radius 1 is 1.29 bits per heavy atom. The summed E-state index contributed by atoms with van der Waals surface area (Å²) in [6.07, 6.45) is 10.1. The van der Waals surface area contributed by atoms with E-state index >= 15 is 0 Å². The highest BCUT2D eigenvalue weighted by Gasteiger charge is 2.25. The lowest BCUT2D eigenvalue weighted by Gasteiger charge is -2.27. The van der Waals surface area contributed by atoms with Crippen LogP contribution in [0.4, 0.5) is 0 Å². The average molecular weight is 324 g/mol. The van der Waals surface area contributed by atoms with Crippen molar-refractivity contribution in [3.05, 3.63) is 42.0 Å². The van der Waals surface area contributed by atoms with Crippen molar-refractivity contribution in [1.29, 1.82) is 0 Å². The van der Waals surface area contributed by atoms with E-state index in [4.69, 9.17) is 4.98 Å². The molecule has 24 heavy (non-hydrogen) atoms. The van der Waals surface area contributed by atoms with Crippen LogP contribution in [0.15, 0.2) is 30.7 Å². The van der Waals surface area contributed by atoms with E-state index in [1.807, 2.05) is 18.3 Å². The molecule has 0 fully saturated rings. The molecule has 2 aromatic rings. The van der Waals surface area contributed by atoms with Gasteiger partial charge in [0.25, 0.3) is 0 Å². The van der Waals surface area contributed by atoms with Crippen LogP contribution in [-0.2, 0) is 11.2 Å². The summed E-state index contributed by atoms with van der Waals surface area (Å²) in [6, 6.07) is 3.86. The summed E-state index contributed by atoms with van der Waals surface area (Å²) >= 11 is 0. The van der Waals surface area contributed by atoms with E-state index in [1.165, 1.54) is 0 Å². The monoisotopic (exact) mass is 324 g/mol. The number of hydrogen-bond acceptors (Lipinski definition) is 4. The predicted octanol–water partition coefficient (Wildman–Crippen LogP) is 3.47. The molecule has 5 heteroatoms. The zero-order chi connectivity index (χ0) is 16.9. The number of nitrogens with zero attached hydrogens (tertiary/aromatic N) is 3. The van der Waals surface area contributed by atoms with Crippen molar-refractivity contribution in [3.63, 3.8) is 0 Å². The fourth-order valence-corrected chi connectivity index (χ4v) is 3.29. The minimum absolute atomic E-state index is 0.0355. The summed E-state index contributed by atoms with van der Waals surface area (Å²) < 4.78 is 0. The molecule has 0 unspecified atom stereocenters. The second-order valence-corrected chi connectivity index (χ2v) is 6.30. The Morgan fingerprint density at radius 3 is 2.75 bits per heavy atom. The molecule has 1 atom stereocenters. The van der Waals surface area contributed by atoms with E-state index in [1.54, 1.807) is 12.4 Å². The van der Waals surface area contributed by atoms with Crippen molar-refractivity contribution in [2.45, 2.75) is 52.0 Å². The molecular weight excluding hydrogens is 300 g/mol. The Balaban J connectivity index is 1.82. The molecule has 3 rings (SSSR count). The van der Waals surface area contributed by atoms with Crippen molar-refractivity contribution >= 4 is 5.91 Å². The van der Waals surface area contributed by atoms with E-state index in [0.717, 1.165) is 54.7 Å². The summed E-state index contributed by atoms with van der Waals surface area (Å²) in [5, 5.41) is 3.21. The summed E-state index contributed by atoms with van der Waals surface area (Å²) in [4.78, 5) is 25.7. The van der Waals surface area contributed by atoms with E-state index in [2.05, 4.69) is 29.1 Å². The lowest BCUT2D eigenvalue weighted by molar-refractivity contribution is -0.126. The minimum atomic E-state index is 0.0355. The van der Waals surface area contributed by atoms with Gasteiger partial charge in [0.2, 0.25) is 5.91 Å². The SMILES string of the molecule is CCC(CC)C(=O)N[C@@H]1CCCc2nc(-c3ccncc3)ncc21. The van der Waals surface area contributed by atoms with Crippen LogP contribution >= 0.6 is 0 Å². The maximum absolute atomic E-state index is 12.4. The molecule has 1 aliphatic carbocycles. The third-order valence-corrected chi connectivity index (χ3v) is 4.79. The largest absolute Gasteiger partial charge is 0.349 e. The maximum Gasteiger partial charge on any atom is 0.223 e. The van der Waals surface area contributed by atoms with Gasteiger partial charge in [0.05, 0.1) is 6.04 Å².